The van der Waals surface area contributed by atoms with E-state index in [4.69, 9.17) is 4.74 Å². The molecule has 0 aliphatic carbocycles. The molecular formula is C18H28N2O. The van der Waals surface area contributed by atoms with Crippen LogP contribution in [0.25, 0.3) is 0 Å². The first kappa shape index (κ1) is 15.0. The lowest BCUT2D eigenvalue weighted by Crippen LogP contribution is -2.64. The second-order valence-electron chi connectivity index (χ2n) is 6.91. The third kappa shape index (κ3) is 3.47. The van der Waals surface area contributed by atoms with Crippen molar-refractivity contribution in [2.75, 3.05) is 26.3 Å². The van der Waals surface area contributed by atoms with Crippen LogP contribution in [0.1, 0.15) is 32.3 Å². The number of piperazine rings is 1. The van der Waals surface area contributed by atoms with Crippen molar-refractivity contribution in [1.29, 1.82) is 0 Å². The summed E-state index contributed by atoms with van der Waals surface area (Å²) >= 11 is 0. The fourth-order valence-corrected chi connectivity index (χ4v) is 3.82. The van der Waals surface area contributed by atoms with Crippen LogP contribution in [0.4, 0.5) is 0 Å². The number of ether oxygens (including phenoxy) is 1. The van der Waals surface area contributed by atoms with E-state index in [0.717, 1.165) is 45.6 Å². The molecule has 3 heteroatoms. The normalized spacial score (nSPS) is 30.2. The summed E-state index contributed by atoms with van der Waals surface area (Å²) < 4.78 is 5.57. The minimum absolute atomic E-state index is 0.314. The van der Waals surface area contributed by atoms with Crippen molar-refractivity contribution in [3.05, 3.63) is 35.9 Å². The lowest BCUT2D eigenvalue weighted by Gasteiger charge is -2.51. The van der Waals surface area contributed by atoms with Gasteiger partial charge >= 0.3 is 0 Å². The van der Waals surface area contributed by atoms with Gasteiger partial charge in [0.05, 0.1) is 0 Å². The van der Waals surface area contributed by atoms with Gasteiger partial charge in [0.2, 0.25) is 0 Å². The van der Waals surface area contributed by atoms with Gasteiger partial charge in [-0.2, -0.15) is 0 Å². The third-order valence-electron chi connectivity index (χ3n) is 5.24. The van der Waals surface area contributed by atoms with Gasteiger partial charge in [0, 0.05) is 43.9 Å². The average Bonchev–Trinajstić information content (AvgIpc) is 2.51. The molecule has 0 spiro atoms. The minimum atomic E-state index is 0.314. The maximum atomic E-state index is 5.57. The van der Waals surface area contributed by atoms with E-state index in [-0.39, 0.29) is 0 Å². The van der Waals surface area contributed by atoms with E-state index < -0.39 is 0 Å². The summed E-state index contributed by atoms with van der Waals surface area (Å²) in [5.41, 5.74) is 1.75. The SMILES string of the molecule is CC1CNC(Cc2ccccc2)CN1C1(C)CCOCC1. The summed E-state index contributed by atoms with van der Waals surface area (Å²) in [7, 11) is 0. The van der Waals surface area contributed by atoms with E-state index in [9.17, 15) is 0 Å². The Labute approximate surface area is 128 Å². The highest BCUT2D eigenvalue weighted by Crippen LogP contribution is 2.31. The van der Waals surface area contributed by atoms with Gasteiger partial charge in [0.1, 0.15) is 0 Å². The predicted octanol–water partition coefficient (Wildman–Crippen LogP) is 2.46. The molecule has 116 valence electrons. The van der Waals surface area contributed by atoms with Crippen LogP contribution in [-0.4, -0.2) is 48.8 Å². The van der Waals surface area contributed by atoms with E-state index in [2.05, 4.69) is 54.4 Å². The quantitative estimate of drug-likeness (QED) is 0.924. The van der Waals surface area contributed by atoms with E-state index >= 15 is 0 Å². The minimum Gasteiger partial charge on any atom is -0.381 e. The van der Waals surface area contributed by atoms with Crippen LogP contribution in [0.3, 0.4) is 0 Å². The molecule has 0 bridgehead atoms. The first-order valence-electron chi connectivity index (χ1n) is 8.29. The molecule has 21 heavy (non-hydrogen) atoms. The number of rotatable bonds is 3. The van der Waals surface area contributed by atoms with Crippen molar-refractivity contribution in [3.63, 3.8) is 0 Å². The Morgan fingerprint density at radius 2 is 1.95 bits per heavy atom. The summed E-state index contributed by atoms with van der Waals surface area (Å²) in [6.45, 7) is 8.84. The third-order valence-corrected chi connectivity index (χ3v) is 5.24. The molecule has 0 saturated carbocycles. The first-order valence-corrected chi connectivity index (χ1v) is 8.29. The second kappa shape index (κ2) is 6.47. The van der Waals surface area contributed by atoms with Crippen LogP contribution >= 0.6 is 0 Å². The number of benzene rings is 1. The van der Waals surface area contributed by atoms with Gasteiger partial charge in [-0.1, -0.05) is 30.3 Å². The Morgan fingerprint density at radius 3 is 2.67 bits per heavy atom. The molecular weight excluding hydrogens is 260 g/mol. The molecule has 0 radical (unpaired) electrons. The topological polar surface area (TPSA) is 24.5 Å². The van der Waals surface area contributed by atoms with Crippen LogP contribution in [0, 0.1) is 0 Å². The Hall–Kier alpha value is -0.900. The fraction of sp³-hybridized carbons (Fsp3) is 0.667. The molecule has 0 amide bonds. The van der Waals surface area contributed by atoms with Crippen LogP contribution in [0.15, 0.2) is 30.3 Å². The van der Waals surface area contributed by atoms with Crippen LogP contribution in [0.5, 0.6) is 0 Å². The smallest absolute Gasteiger partial charge is 0.0483 e. The molecule has 1 aromatic carbocycles. The van der Waals surface area contributed by atoms with Crippen molar-refractivity contribution in [2.45, 2.75) is 50.7 Å². The second-order valence-corrected chi connectivity index (χ2v) is 6.91. The highest BCUT2D eigenvalue weighted by molar-refractivity contribution is 5.16. The van der Waals surface area contributed by atoms with Gasteiger partial charge in [-0.3, -0.25) is 4.90 Å². The zero-order valence-electron chi connectivity index (χ0n) is 13.3. The van der Waals surface area contributed by atoms with Gasteiger partial charge < -0.3 is 10.1 Å². The lowest BCUT2D eigenvalue weighted by atomic mass is 9.87. The molecule has 2 heterocycles. The summed E-state index contributed by atoms with van der Waals surface area (Å²) in [6, 6.07) is 12.0. The van der Waals surface area contributed by atoms with Crippen molar-refractivity contribution < 1.29 is 4.74 Å². The number of hydrogen-bond donors (Lipinski definition) is 1. The highest BCUT2D eigenvalue weighted by atomic mass is 16.5. The van der Waals surface area contributed by atoms with E-state index in [1.54, 1.807) is 0 Å². The molecule has 3 nitrogen and oxygen atoms in total. The first-order chi connectivity index (χ1) is 10.2. The zero-order chi connectivity index (χ0) is 14.7. The van der Waals surface area contributed by atoms with Gasteiger partial charge in [-0.15, -0.1) is 0 Å². The van der Waals surface area contributed by atoms with E-state index in [0.29, 0.717) is 17.6 Å². The molecule has 1 N–H and O–H groups in total. The van der Waals surface area contributed by atoms with Crippen molar-refractivity contribution in [2.24, 2.45) is 0 Å². The molecule has 2 saturated heterocycles. The molecule has 1 aromatic rings. The Kier molecular flexibility index (Phi) is 4.63. The van der Waals surface area contributed by atoms with Crippen molar-refractivity contribution in [3.8, 4) is 0 Å². The Balaban J connectivity index is 1.67. The number of nitrogens with one attached hydrogen (secondary N) is 1. The van der Waals surface area contributed by atoms with Crippen LogP contribution in [-0.2, 0) is 11.2 Å². The van der Waals surface area contributed by atoms with Gasteiger partial charge in [-0.25, -0.2) is 0 Å². The molecule has 2 unspecified atom stereocenters. The fourth-order valence-electron chi connectivity index (χ4n) is 3.82. The number of hydrogen-bond acceptors (Lipinski definition) is 3. The van der Waals surface area contributed by atoms with Gasteiger partial charge in [0.25, 0.3) is 0 Å². The summed E-state index contributed by atoms with van der Waals surface area (Å²) in [5.74, 6) is 0. The lowest BCUT2D eigenvalue weighted by molar-refractivity contribution is -0.0495. The summed E-state index contributed by atoms with van der Waals surface area (Å²) in [5, 5.41) is 3.73. The molecule has 0 aromatic heterocycles. The zero-order valence-corrected chi connectivity index (χ0v) is 13.3. The molecule has 3 rings (SSSR count). The molecule has 2 fully saturated rings. The number of nitrogens with zero attached hydrogens (tertiary/aromatic N) is 1. The van der Waals surface area contributed by atoms with Crippen molar-refractivity contribution >= 4 is 0 Å². The maximum absolute atomic E-state index is 5.57. The summed E-state index contributed by atoms with van der Waals surface area (Å²) in [4.78, 5) is 2.74. The average molecular weight is 288 g/mol. The molecule has 2 aliphatic heterocycles. The highest BCUT2D eigenvalue weighted by Gasteiger charge is 2.39. The van der Waals surface area contributed by atoms with Crippen LogP contribution in [0.2, 0.25) is 0 Å². The van der Waals surface area contributed by atoms with Crippen molar-refractivity contribution in [1.82, 2.24) is 10.2 Å². The van der Waals surface area contributed by atoms with Gasteiger partial charge in [-0.05, 0) is 38.7 Å². The Morgan fingerprint density at radius 1 is 1.24 bits per heavy atom. The summed E-state index contributed by atoms with van der Waals surface area (Å²) in [6.07, 6.45) is 3.45. The monoisotopic (exact) mass is 288 g/mol. The molecule has 2 atom stereocenters. The predicted molar refractivity (Wildman–Crippen MR) is 86.6 cm³/mol. The van der Waals surface area contributed by atoms with E-state index in [1.165, 1.54) is 5.56 Å². The standard InChI is InChI=1S/C18H28N2O/c1-15-13-19-17(12-16-6-4-3-5-7-16)14-20(15)18(2)8-10-21-11-9-18/h3-7,15,17,19H,8-14H2,1-2H3. The molecule has 2 aliphatic rings. The maximum Gasteiger partial charge on any atom is 0.0483 e. The Bertz CT molecular complexity index is 442. The van der Waals surface area contributed by atoms with Crippen LogP contribution < -0.4 is 5.32 Å². The largest absolute Gasteiger partial charge is 0.381 e. The van der Waals surface area contributed by atoms with E-state index in [1.807, 2.05) is 0 Å². The van der Waals surface area contributed by atoms with Gasteiger partial charge in [0.15, 0.2) is 0 Å².